The van der Waals surface area contributed by atoms with Gasteiger partial charge in [0.05, 0.1) is 10.6 Å². The lowest BCUT2D eigenvalue weighted by Gasteiger charge is -2.34. The van der Waals surface area contributed by atoms with Gasteiger partial charge in [0, 0.05) is 57.3 Å². The maximum absolute atomic E-state index is 13.7. The molecule has 0 saturated carbocycles. The van der Waals surface area contributed by atoms with Gasteiger partial charge >= 0.3 is 0 Å². The van der Waals surface area contributed by atoms with E-state index in [1.54, 1.807) is 18.2 Å². The number of rotatable bonds is 6. The molecular weight excluding hydrogens is 477 g/mol. The van der Waals surface area contributed by atoms with Crippen LogP contribution >= 0.6 is 15.9 Å². The van der Waals surface area contributed by atoms with E-state index in [9.17, 15) is 14.0 Å². The monoisotopic (exact) mass is 505 g/mol. The number of carbonyl (C=O) groups excluding carboxylic acids is 2. The zero-order valence-corrected chi connectivity index (χ0v) is 20.0. The Morgan fingerprint density at radius 2 is 2.03 bits per heavy atom. The molecule has 1 fully saturated rings. The van der Waals surface area contributed by atoms with E-state index in [2.05, 4.69) is 43.4 Å². The van der Waals surface area contributed by atoms with E-state index in [-0.39, 0.29) is 36.1 Å². The summed E-state index contributed by atoms with van der Waals surface area (Å²) in [6.07, 6.45) is 0.246. The zero-order valence-electron chi connectivity index (χ0n) is 18.4. The molecule has 1 aromatic carbocycles. The number of nitrogens with one attached hydrogen (secondary N) is 2. The molecule has 2 amide bonds. The predicted octanol–water partition coefficient (Wildman–Crippen LogP) is 2.48. The van der Waals surface area contributed by atoms with Crippen molar-refractivity contribution in [2.24, 2.45) is 0 Å². The largest absolute Gasteiger partial charge is 0.352 e. The molecule has 172 valence electrons. The summed E-state index contributed by atoms with van der Waals surface area (Å²) in [5, 5.41) is 5.98. The minimum atomic E-state index is -0.340. The van der Waals surface area contributed by atoms with Gasteiger partial charge in [-0.1, -0.05) is 12.1 Å². The summed E-state index contributed by atoms with van der Waals surface area (Å²) < 4.78 is 16.3. The van der Waals surface area contributed by atoms with Gasteiger partial charge in [-0.25, -0.2) is 4.39 Å². The van der Waals surface area contributed by atoms with Crippen LogP contribution in [0, 0.1) is 5.82 Å². The first-order valence-electron chi connectivity index (χ1n) is 11.0. The molecule has 4 rings (SSSR count). The number of hydrogen-bond donors (Lipinski definition) is 2. The van der Waals surface area contributed by atoms with Gasteiger partial charge in [0.2, 0.25) is 5.91 Å². The van der Waals surface area contributed by atoms with Crippen molar-refractivity contribution < 1.29 is 14.0 Å². The van der Waals surface area contributed by atoms with Gasteiger partial charge < -0.3 is 20.1 Å². The van der Waals surface area contributed by atoms with Crippen LogP contribution in [-0.4, -0.2) is 78.5 Å². The van der Waals surface area contributed by atoms with Gasteiger partial charge in [0.25, 0.3) is 5.91 Å². The van der Waals surface area contributed by atoms with Gasteiger partial charge in [0.15, 0.2) is 0 Å². The number of nitrogens with zero attached hydrogens (tertiary/aromatic N) is 3. The number of amides is 2. The minimum Gasteiger partial charge on any atom is -0.352 e. The van der Waals surface area contributed by atoms with Gasteiger partial charge in [-0.3, -0.25) is 14.5 Å². The highest BCUT2D eigenvalue weighted by Gasteiger charge is 2.31. The molecule has 2 aliphatic rings. The number of hydrogen-bond acceptors (Lipinski definition) is 4. The summed E-state index contributed by atoms with van der Waals surface area (Å²) in [5.41, 5.74) is 1.87. The Bertz CT molecular complexity index is 1000. The molecule has 0 bridgehead atoms. The van der Waals surface area contributed by atoms with Crippen molar-refractivity contribution in [1.82, 2.24) is 25.0 Å². The van der Waals surface area contributed by atoms with Crippen LogP contribution in [0.25, 0.3) is 11.1 Å². The second-order valence-electron chi connectivity index (χ2n) is 8.75. The van der Waals surface area contributed by atoms with Gasteiger partial charge in [0.1, 0.15) is 11.5 Å². The highest BCUT2D eigenvalue weighted by atomic mass is 79.9. The lowest BCUT2D eigenvalue weighted by molar-refractivity contribution is -0.122. The lowest BCUT2D eigenvalue weighted by Crippen LogP contribution is -2.50. The van der Waals surface area contributed by atoms with E-state index < -0.39 is 0 Å². The van der Waals surface area contributed by atoms with Crippen molar-refractivity contribution in [3.05, 3.63) is 46.4 Å². The maximum atomic E-state index is 13.7. The van der Waals surface area contributed by atoms with Crippen LogP contribution in [-0.2, 0) is 4.79 Å². The standard InChI is InChI=1S/C23H29BrFN5O2/c1-15(14-29-8-6-28(2)7-9-29)27-21(31)11-18-13-26-23(32)20-12-19(22(24)30(18)20)16-4-3-5-17(25)10-16/h3-5,10,12,15,18H,6-9,11,13-14H2,1-2H3,(H,26,32)(H,27,31)/t15-,18-/m0/s1. The fraction of sp³-hybridized carbons (Fsp3) is 0.478. The summed E-state index contributed by atoms with van der Waals surface area (Å²) in [5.74, 6) is -0.589. The molecule has 32 heavy (non-hydrogen) atoms. The number of likely N-dealkylation sites (N-methyl/N-ethyl adjacent to an activating group) is 1. The molecule has 1 saturated heterocycles. The van der Waals surface area contributed by atoms with Crippen LogP contribution in [0.1, 0.15) is 29.9 Å². The number of halogens is 2. The van der Waals surface area contributed by atoms with Crippen molar-refractivity contribution in [1.29, 1.82) is 0 Å². The normalized spacial score (nSPS) is 20.5. The van der Waals surface area contributed by atoms with Gasteiger partial charge in [-0.15, -0.1) is 0 Å². The van der Waals surface area contributed by atoms with Crippen molar-refractivity contribution in [3.8, 4) is 11.1 Å². The molecule has 0 unspecified atom stereocenters. The first-order chi connectivity index (χ1) is 15.3. The molecule has 2 aliphatic heterocycles. The molecule has 3 heterocycles. The zero-order chi connectivity index (χ0) is 22.8. The molecule has 0 radical (unpaired) electrons. The third kappa shape index (κ3) is 5.05. The Kier molecular flexibility index (Phi) is 6.97. The Labute approximate surface area is 196 Å². The fourth-order valence-electron chi connectivity index (χ4n) is 4.46. The van der Waals surface area contributed by atoms with Gasteiger partial charge in [-0.2, -0.15) is 0 Å². The molecule has 2 atom stereocenters. The summed E-state index contributed by atoms with van der Waals surface area (Å²) in [7, 11) is 2.12. The second-order valence-corrected chi connectivity index (χ2v) is 9.51. The number of aromatic nitrogens is 1. The number of benzene rings is 1. The summed E-state index contributed by atoms with van der Waals surface area (Å²) in [6, 6.07) is 7.82. The van der Waals surface area contributed by atoms with E-state index in [0.717, 1.165) is 38.3 Å². The van der Waals surface area contributed by atoms with E-state index in [0.29, 0.717) is 22.4 Å². The third-order valence-electron chi connectivity index (χ3n) is 6.16. The average molecular weight is 506 g/mol. The molecule has 0 spiro atoms. The quantitative estimate of drug-likeness (QED) is 0.632. The molecule has 2 aromatic rings. The highest BCUT2D eigenvalue weighted by molar-refractivity contribution is 9.10. The SMILES string of the molecule is C[C@@H](CN1CCN(C)CC1)NC(=O)C[C@H]1CNC(=O)c2cc(-c3cccc(F)c3)c(Br)n21. The molecule has 1 aromatic heterocycles. The Balaban J connectivity index is 1.44. The van der Waals surface area contributed by atoms with E-state index in [1.165, 1.54) is 12.1 Å². The first kappa shape index (κ1) is 22.9. The summed E-state index contributed by atoms with van der Waals surface area (Å²) >= 11 is 3.60. The Morgan fingerprint density at radius 3 is 2.75 bits per heavy atom. The molecular formula is C23H29BrFN5O2. The van der Waals surface area contributed by atoms with Gasteiger partial charge in [-0.05, 0) is 53.7 Å². The van der Waals surface area contributed by atoms with E-state index in [1.807, 2.05) is 11.5 Å². The van der Waals surface area contributed by atoms with Crippen LogP contribution in [0.4, 0.5) is 4.39 Å². The summed E-state index contributed by atoms with van der Waals surface area (Å²) in [6.45, 7) is 7.31. The maximum Gasteiger partial charge on any atom is 0.268 e. The Hall–Kier alpha value is -2.23. The predicted molar refractivity (Wildman–Crippen MR) is 125 cm³/mol. The second kappa shape index (κ2) is 9.72. The molecule has 0 aliphatic carbocycles. The minimum absolute atomic E-state index is 0.0412. The number of carbonyl (C=O) groups is 2. The van der Waals surface area contributed by atoms with Crippen molar-refractivity contribution in [2.45, 2.75) is 25.4 Å². The molecule has 7 nitrogen and oxygen atoms in total. The third-order valence-corrected chi connectivity index (χ3v) is 6.97. The van der Waals surface area contributed by atoms with Crippen LogP contribution in [0.2, 0.25) is 0 Å². The summed E-state index contributed by atoms with van der Waals surface area (Å²) in [4.78, 5) is 30.0. The number of fused-ring (bicyclic) bond motifs is 1. The van der Waals surface area contributed by atoms with E-state index >= 15 is 0 Å². The molecule has 2 N–H and O–H groups in total. The lowest BCUT2D eigenvalue weighted by atomic mass is 10.1. The fourth-order valence-corrected chi connectivity index (χ4v) is 5.28. The van der Waals surface area contributed by atoms with Crippen LogP contribution in [0.15, 0.2) is 34.9 Å². The van der Waals surface area contributed by atoms with Crippen LogP contribution in [0.5, 0.6) is 0 Å². The smallest absolute Gasteiger partial charge is 0.268 e. The Morgan fingerprint density at radius 1 is 1.28 bits per heavy atom. The highest BCUT2D eigenvalue weighted by Crippen LogP contribution is 2.36. The van der Waals surface area contributed by atoms with Crippen LogP contribution < -0.4 is 10.6 Å². The topological polar surface area (TPSA) is 69.6 Å². The van der Waals surface area contributed by atoms with Crippen molar-refractivity contribution in [3.63, 3.8) is 0 Å². The number of piperazine rings is 1. The van der Waals surface area contributed by atoms with Crippen molar-refractivity contribution >= 4 is 27.7 Å². The van der Waals surface area contributed by atoms with E-state index in [4.69, 9.17) is 0 Å². The average Bonchev–Trinajstić information content (AvgIpc) is 3.10. The van der Waals surface area contributed by atoms with Crippen LogP contribution in [0.3, 0.4) is 0 Å². The molecule has 9 heteroatoms. The first-order valence-corrected chi connectivity index (χ1v) is 11.8. The van der Waals surface area contributed by atoms with Crippen molar-refractivity contribution in [2.75, 3.05) is 46.3 Å².